The van der Waals surface area contributed by atoms with E-state index in [0.717, 1.165) is 6.07 Å². The Balaban J connectivity index is 2.12. The highest BCUT2D eigenvalue weighted by molar-refractivity contribution is 6.31. The number of rotatable bonds is 4. The normalized spacial score (nSPS) is 10.3. The van der Waals surface area contributed by atoms with Crippen molar-refractivity contribution >= 4 is 17.4 Å². The molecule has 0 unspecified atom stereocenters. The van der Waals surface area contributed by atoms with E-state index in [1.54, 1.807) is 12.3 Å². The molecule has 0 saturated heterocycles. The van der Waals surface area contributed by atoms with Crippen molar-refractivity contribution in [2.45, 2.75) is 13.5 Å². The summed E-state index contributed by atoms with van der Waals surface area (Å²) in [6.45, 7) is 1.52. The van der Waals surface area contributed by atoms with Gasteiger partial charge in [-0.2, -0.15) is 0 Å². The molecule has 5 heteroatoms. The highest BCUT2D eigenvalue weighted by Crippen LogP contribution is 2.21. The van der Waals surface area contributed by atoms with E-state index in [1.807, 2.05) is 0 Å². The number of hydrogen-bond donors (Lipinski definition) is 0. The van der Waals surface area contributed by atoms with E-state index in [4.69, 9.17) is 16.3 Å². The molecule has 1 heterocycles. The number of benzene rings is 1. The van der Waals surface area contributed by atoms with Crippen LogP contribution in [0.5, 0.6) is 5.75 Å². The predicted molar refractivity (Wildman–Crippen MR) is 70.0 cm³/mol. The van der Waals surface area contributed by atoms with Crippen molar-refractivity contribution < 1.29 is 13.9 Å². The average molecular weight is 280 g/mol. The van der Waals surface area contributed by atoms with Crippen LogP contribution in [0.15, 0.2) is 36.7 Å². The Morgan fingerprint density at radius 1 is 1.42 bits per heavy atom. The molecule has 0 bridgehead atoms. The highest BCUT2D eigenvalue weighted by Gasteiger charge is 2.08. The van der Waals surface area contributed by atoms with Crippen LogP contribution in [-0.4, -0.2) is 10.8 Å². The standard InChI is InChI=1S/C14H11ClFNO2/c1-9(18)10-2-3-14(13(16)6-10)19-8-11-4-5-17-7-12(11)15/h2-7H,8H2,1H3. The molecule has 19 heavy (non-hydrogen) atoms. The lowest BCUT2D eigenvalue weighted by atomic mass is 10.1. The van der Waals surface area contributed by atoms with Crippen LogP contribution in [0, 0.1) is 5.82 Å². The minimum Gasteiger partial charge on any atom is -0.486 e. The first kappa shape index (κ1) is 13.5. The summed E-state index contributed by atoms with van der Waals surface area (Å²) in [5.74, 6) is -0.682. The van der Waals surface area contributed by atoms with Gasteiger partial charge < -0.3 is 4.74 Å². The van der Waals surface area contributed by atoms with Crippen LogP contribution >= 0.6 is 11.6 Å². The summed E-state index contributed by atoms with van der Waals surface area (Å²) in [4.78, 5) is 15.0. The topological polar surface area (TPSA) is 39.2 Å². The number of nitrogens with zero attached hydrogens (tertiary/aromatic N) is 1. The summed E-state index contributed by atoms with van der Waals surface area (Å²) < 4.78 is 19.0. The third kappa shape index (κ3) is 3.29. The monoisotopic (exact) mass is 279 g/mol. The van der Waals surface area contributed by atoms with Crippen molar-refractivity contribution in [3.63, 3.8) is 0 Å². The SMILES string of the molecule is CC(=O)c1ccc(OCc2ccncc2Cl)c(F)c1. The van der Waals surface area contributed by atoms with Gasteiger partial charge in [0.05, 0.1) is 5.02 Å². The smallest absolute Gasteiger partial charge is 0.165 e. The molecule has 0 amide bonds. The van der Waals surface area contributed by atoms with Crippen molar-refractivity contribution in [3.8, 4) is 5.75 Å². The zero-order valence-electron chi connectivity index (χ0n) is 10.2. The predicted octanol–water partition coefficient (Wildman–Crippen LogP) is 3.66. The molecule has 0 radical (unpaired) electrons. The Labute approximate surface area is 115 Å². The summed E-state index contributed by atoms with van der Waals surface area (Å²) in [5, 5.41) is 0.461. The Morgan fingerprint density at radius 3 is 2.84 bits per heavy atom. The first-order chi connectivity index (χ1) is 9.08. The lowest BCUT2D eigenvalue weighted by Crippen LogP contribution is -2.00. The molecule has 2 rings (SSSR count). The van der Waals surface area contributed by atoms with E-state index in [2.05, 4.69) is 4.98 Å². The van der Waals surface area contributed by atoms with Gasteiger partial charge in [-0.1, -0.05) is 11.6 Å². The van der Waals surface area contributed by atoms with Crippen LogP contribution in [0.3, 0.4) is 0 Å². The van der Waals surface area contributed by atoms with Crippen LogP contribution in [-0.2, 0) is 6.61 Å². The fourth-order valence-electron chi connectivity index (χ4n) is 1.51. The van der Waals surface area contributed by atoms with Crippen molar-refractivity contribution in [3.05, 3.63) is 58.6 Å². The zero-order chi connectivity index (χ0) is 13.8. The second kappa shape index (κ2) is 5.80. The number of aromatic nitrogens is 1. The van der Waals surface area contributed by atoms with E-state index in [-0.39, 0.29) is 18.1 Å². The minimum absolute atomic E-state index is 0.0814. The molecule has 0 aliphatic carbocycles. The maximum absolute atomic E-state index is 13.7. The van der Waals surface area contributed by atoms with Crippen molar-refractivity contribution in [1.29, 1.82) is 0 Å². The molecule has 1 aromatic heterocycles. The Bertz CT molecular complexity index is 616. The van der Waals surface area contributed by atoms with Gasteiger partial charge in [0.1, 0.15) is 6.61 Å². The van der Waals surface area contributed by atoms with Crippen molar-refractivity contribution in [1.82, 2.24) is 4.98 Å². The summed E-state index contributed by atoms with van der Waals surface area (Å²) in [5.41, 5.74) is 1.03. The fourth-order valence-corrected chi connectivity index (χ4v) is 1.69. The molecule has 0 aliphatic rings. The second-order valence-corrected chi connectivity index (χ2v) is 4.36. The number of ketones is 1. The number of pyridine rings is 1. The van der Waals surface area contributed by atoms with Gasteiger partial charge in [-0.05, 0) is 31.2 Å². The van der Waals surface area contributed by atoms with Crippen LogP contribution < -0.4 is 4.74 Å². The second-order valence-electron chi connectivity index (χ2n) is 3.96. The number of carbonyl (C=O) groups is 1. The number of carbonyl (C=O) groups excluding carboxylic acids is 1. The third-order valence-corrected chi connectivity index (χ3v) is 2.92. The first-order valence-electron chi connectivity index (χ1n) is 5.59. The summed E-state index contributed by atoms with van der Waals surface area (Å²) in [6, 6.07) is 5.81. The molecule has 0 fully saturated rings. The molecule has 0 aliphatic heterocycles. The van der Waals surface area contributed by atoms with E-state index in [1.165, 1.54) is 25.3 Å². The van der Waals surface area contributed by atoms with Gasteiger partial charge in [-0.3, -0.25) is 9.78 Å². The summed E-state index contributed by atoms with van der Waals surface area (Å²) in [6.07, 6.45) is 3.08. The van der Waals surface area contributed by atoms with Gasteiger partial charge in [0.2, 0.25) is 0 Å². The van der Waals surface area contributed by atoms with Gasteiger partial charge in [-0.25, -0.2) is 4.39 Å². The minimum atomic E-state index is -0.571. The Morgan fingerprint density at radius 2 is 2.21 bits per heavy atom. The lowest BCUT2D eigenvalue weighted by Gasteiger charge is -2.09. The molecular weight excluding hydrogens is 269 g/mol. The quantitative estimate of drug-likeness (QED) is 0.802. The maximum atomic E-state index is 13.7. The molecule has 0 spiro atoms. The molecule has 0 atom stereocenters. The van der Waals surface area contributed by atoms with E-state index in [9.17, 15) is 9.18 Å². The lowest BCUT2D eigenvalue weighted by molar-refractivity contribution is 0.101. The van der Waals surface area contributed by atoms with Crippen LogP contribution in [0.25, 0.3) is 0 Å². The van der Waals surface area contributed by atoms with Crippen LogP contribution in [0.2, 0.25) is 5.02 Å². The van der Waals surface area contributed by atoms with Crippen molar-refractivity contribution in [2.75, 3.05) is 0 Å². The van der Waals surface area contributed by atoms with E-state index >= 15 is 0 Å². The number of Topliss-reactive ketones (excluding diaryl/α,β-unsaturated/α-hetero) is 1. The molecule has 1 aromatic carbocycles. The zero-order valence-corrected chi connectivity index (χ0v) is 10.9. The largest absolute Gasteiger partial charge is 0.486 e. The van der Waals surface area contributed by atoms with Gasteiger partial charge >= 0.3 is 0 Å². The van der Waals surface area contributed by atoms with Crippen LogP contribution in [0.4, 0.5) is 4.39 Å². The number of hydrogen-bond acceptors (Lipinski definition) is 3. The maximum Gasteiger partial charge on any atom is 0.165 e. The van der Waals surface area contributed by atoms with Crippen molar-refractivity contribution in [2.24, 2.45) is 0 Å². The molecule has 3 nitrogen and oxygen atoms in total. The van der Waals surface area contributed by atoms with Gasteiger partial charge in [0, 0.05) is 23.5 Å². The highest BCUT2D eigenvalue weighted by atomic mass is 35.5. The molecule has 98 valence electrons. The average Bonchev–Trinajstić information content (AvgIpc) is 2.39. The van der Waals surface area contributed by atoms with E-state index in [0.29, 0.717) is 16.1 Å². The number of ether oxygens (including phenoxy) is 1. The third-order valence-electron chi connectivity index (χ3n) is 2.58. The van der Waals surface area contributed by atoms with E-state index < -0.39 is 5.82 Å². The molecule has 2 aromatic rings. The fraction of sp³-hybridized carbons (Fsp3) is 0.143. The molecular formula is C14H11ClFNO2. The number of halogens is 2. The Kier molecular flexibility index (Phi) is 4.12. The van der Waals surface area contributed by atoms with Gasteiger partial charge in [0.25, 0.3) is 0 Å². The van der Waals surface area contributed by atoms with Gasteiger partial charge in [0.15, 0.2) is 17.3 Å². The van der Waals surface area contributed by atoms with Gasteiger partial charge in [-0.15, -0.1) is 0 Å². The van der Waals surface area contributed by atoms with Crippen LogP contribution in [0.1, 0.15) is 22.8 Å². The summed E-state index contributed by atoms with van der Waals surface area (Å²) in [7, 11) is 0. The molecule has 0 saturated carbocycles. The first-order valence-corrected chi connectivity index (χ1v) is 5.97. The molecule has 0 N–H and O–H groups in total. The Hall–Kier alpha value is -1.94. The summed E-state index contributed by atoms with van der Waals surface area (Å²) >= 11 is 5.92.